The summed E-state index contributed by atoms with van der Waals surface area (Å²) in [5.74, 6) is 0.146. The van der Waals surface area contributed by atoms with Crippen LogP contribution in [0.25, 0.3) is 0 Å². The highest BCUT2D eigenvalue weighted by atomic mass is 35.5. The minimum absolute atomic E-state index is 0.0125. The molecule has 1 aromatic carbocycles. The van der Waals surface area contributed by atoms with Crippen LogP contribution in [0.1, 0.15) is 24.8 Å². The lowest BCUT2D eigenvalue weighted by atomic mass is 10.1. The van der Waals surface area contributed by atoms with Crippen LogP contribution in [0.4, 0.5) is 4.79 Å². The fraction of sp³-hybridized carbons (Fsp3) is 0.529. The first-order chi connectivity index (χ1) is 11.1. The minimum Gasteiger partial charge on any atom is -0.339 e. The van der Waals surface area contributed by atoms with Gasteiger partial charge in [0.05, 0.1) is 0 Å². The average Bonchev–Trinajstić information content (AvgIpc) is 3.37. The molecule has 1 aliphatic carbocycles. The normalized spacial score (nSPS) is 18.0. The van der Waals surface area contributed by atoms with Crippen molar-refractivity contribution in [1.82, 2.24) is 15.1 Å². The van der Waals surface area contributed by atoms with E-state index in [-0.39, 0.29) is 11.9 Å². The van der Waals surface area contributed by atoms with Crippen LogP contribution in [0.15, 0.2) is 24.3 Å². The number of benzene rings is 1. The van der Waals surface area contributed by atoms with Crippen molar-refractivity contribution in [3.05, 3.63) is 34.9 Å². The summed E-state index contributed by atoms with van der Waals surface area (Å²) in [4.78, 5) is 27.9. The molecule has 5 nitrogen and oxygen atoms in total. The van der Waals surface area contributed by atoms with Crippen LogP contribution in [-0.2, 0) is 11.2 Å². The maximum Gasteiger partial charge on any atom is 0.317 e. The lowest BCUT2D eigenvalue weighted by Crippen LogP contribution is -2.53. The molecule has 0 atom stereocenters. The Morgan fingerprint density at radius 2 is 1.83 bits per heavy atom. The predicted octanol–water partition coefficient (Wildman–Crippen LogP) is 2.29. The van der Waals surface area contributed by atoms with Crippen LogP contribution in [0.3, 0.4) is 0 Å². The van der Waals surface area contributed by atoms with E-state index in [2.05, 4.69) is 5.32 Å². The van der Waals surface area contributed by atoms with Crippen LogP contribution >= 0.6 is 11.6 Å². The molecule has 23 heavy (non-hydrogen) atoms. The number of nitrogens with zero attached hydrogens (tertiary/aromatic N) is 2. The predicted molar refractivity (Wildman–Crippen MR) is 89.5 cm³/mol. The molecule has 0 aromatic heterocycles. The smallest absolute Gasteiger partial charge is 0.317 e. The van der Waals surface area contributed by atoms with E-state index < -0.39 is 0 Å². The second-order valence-electron chi connectivity index (χ2n) is 6.22. The molecule has 2 fully saturated rings. The standard InChI is InChI=1S/C17H22ClN3O2/c18-14-3-1-2-13(12-14)4-7-16(22)20-8-10-21(11-9-20)17(23)19-15-5-6-15/h1-3,12,15H,4-11H2,(H,19,23). The third-order valence-electron chi connectivity index (χ3n) is 4.34. The van der Waals surface area contributed by atoms with Gasteiger partial charge in [-0.1, -0.05) is 23.7 Å². The van der Waals surface area contributed by atoms with E-state index in [9.17, 15) is 9.59 Å². The third-order valence-corrected chi connectivity index (χ3v) is 4.58. The minimum atomic E-state index is 0.0125. The molecular formula is C17H22ClN3O2. The summed E-state index contributed by atoms with van der Waals surface area (Å²) in [5, 5.41) is 3.69. The summed E-state index contributed by atoms with van der Waals surface area (Å²) in [6, 6.07) is 8.00. The number of aryl methyl sites for hydroxylation is 1. The molecule has 1 N–H and O–H groups in total. The van der Waals surface area contributed by atoms with Gasteiger partial charge in [0.1, 0.15) is 0 Å². The highest BCUT2D eigenvalue weighted by Crippen LogP contribution is 2.19. The number of carbonyl (C=O) groups excluding carboxylic acids is 2. The molecule has 6 heteroatoms. The number of piperazine rings is 1. The van der Waals surface area contributed by atoms with E-state index in [0.29, 0.717) is 50.1 Å². The first kappa shape index (κ1) is 16.1. The number of nitrogens with one attached hydrogen (secondary N) is 1. The second kappa shape index (κ2) is 7.21. The monoisotopic (exact) mass is 335 g/mol. The van der Waals surface area contributed by atoms with Gasteiger partial charge in [0, 0.05) is 43.7 Å². The Labute approximate surface area is 141 Å². The Bertz CT molecular complexity index is 581. The maximum absolute atomic E-state index is 12.3. The summed E-state index contributed by atoms with van der Waals surface area (Å²) in [6.45, 7) is 2.46. The van der Waals surface area contributed by atoms with E-state index >= 15 is 0 Å². The van der Waals surface area contributed by atoms with Gasteiger partial charge >= 0.3 is 6.03 Å². The molecule has 3 rings (SSSR count). The Hall–Kier alpha value is -1.75. The van der Waals surface area contributed by atoms with Crippen molar-refractivity contribution >= 4 is 23.5 Å². The lowest BCUT2D eigenvalue weighted by molar-refractivity contribution is -0.132. The zero-order chi connectivity index (χ0) is 16.2. The molecule has 0 bridgehead atoms. The zero-order valence-corrected chi connectivity index (χ0v) is 13.9. The summed E-state index contributed by atoms with van der Waals surface area (Å²) in [7, 11) is 0. The molecule has 1 aliphatic heterocycles. The molecule has 124 valence electrons. The van der Waals surface area contributed by atoms with E-state index in [1.54, 1.807) is 4.90 Å². The molecule has 1 heterocycles. The first-order valence-electron chi connectivity index (χ1n) is 8.19. The van der Waals surface area contributed by atoms with Gasteiger partial charge in [-0.15, -0.1) is 0 Å². The number of hydrogen-bond donors (Lipinski definition) is 1. The van der Waals surface area contributed by atoms with Gasteiger partial charge in [-0.3, -0.25) is 4.79 Å². The van der Waals surface area contributed by atoms with Gasteiger partial charge < -0.3 is 15.1 Å². The van der Waals surface area contributed by atoms with Crippen LogP contribution in [0.5, 0.6) is 0 Å². The average molecular weight is 336 g/mol. The largest absolute Gasteiger partial charge is 0.339 e. The molecule has 1 saturated heterocycles. The lowest BCUT2D eigenvalue weighted by Gasteiger charge is -2.34. The van der Waals surface area contributed by atoms with Gasteiger partial charge in [-0.25, -0.2) is 4.79 Å². The zero-order valence-electron chi connectivity index (χ0n) is 13.1. The summed E-state index contributed by atoms with van der Waals surface area (Å²) in [5.41, 5.74) is 1.08. The highest BCUT2D eigenvalue weighted by molar-refractivity contribution is 6.30. The van der Waals surface area contributed by atoms with E-state index in [1.165, 1.54) is 0 Å². The van der Waals surface area contributed by atoms with Crippen molar-refractivity contribution < 1.29 is 9.59 Å². The Balaban J connectivity index is 1.41. The van der Waals surface area contributed by atoms with Crippen molar-refractivity contribution in [2.75, 3.05) is 26.2 Å². The third kappa shape index (κ3) is 4.61. The quantitative estimate of drug-likeness (QED) is 0.917. The topological polar surface area (TPSA) is 52.7 Å². The number of rotatable bonds is 4. The molecule has 1 saturated carbocycles. The SMILES string of the molecule is O=C(CCc1cccc(Cl)c1)N1CCN(C(=O)NC2CC2)CC1. The van der Waals surface area contributed by atoms with E-state index in [1.807, 2.05) is 29.2 Å². The van der Waals surface area contributed by atoms with Crippen molar-refractivity contribution in [2.24, 2.45) is 0 Å². The molecule has 3 amide bonds. The number of amides is 3. The molecule has 2 aliphatic rings. The number of carbonyl (C=O) groups is 2. The number of halogens is 1. The van der Waals surface area contributed by atoms with Gasteiger partial charge in [0.2, 0.25) is 5.91 Å². The molecular weight excluding hydrogens is 314 g/mol. The number of urea groups is 1. The summed E-state index contributed by atoms with van der Waals surface area (Å²) in [6.07, 6.45) is 3.36. The van der Waals surface area contributed by atoms with Gasteiger partial charge in [-0.2, -0.15) is 0 Å². The van der Waals surface area contributed by atoms with Crippen LogP contribution in [0.2, 0.25) is 5.02 Å². The highest BCUT2D eigenvalue weighted by Gasteiger charge is 2.28. The molecule has 0 spiro atoms. The van der Waals surface area contributed by atoms with Crippen molar-refractivity contribution in [3.63, 3.8) is 0 Å². The fourth-order valence-electron chi connectivity index (χ4n) is 2.75. The fourth-order valence-corrected chi connectivity index (χ4v) is 2.97. The maximum atomic E-state index is 12.3. The second-order valence-corrected chi connectivity index (χ2v) is 6.66. The van der Waals surface area contributed by atoms with E-state index in [4.69, 9.17) is 11.6 Å². The van der Waals surface area contributed by atoms with Gasteiger partial charge in [0.15, 0.2) is 0 Å². The molecule has 1 aromatic rings. The number of hydrogen-bond acceptors (Lipinski definition) is 2. The Kier molecular flexibility index (Phi) is 5.06. The van der Waals surface area contributed by atoms with Crippen molar-refractivity contribution in [3.8, 4) is 0 Å². The molecule has 0 radical (unpaired) electrons. The van der Waals surface area contributed by atoms with Gasteiger partial charge in [0.25, 0.3) is 0 Å². The van der Waals surface area contributed by atoms with Gasteiger partial charge in [-0.05, 0) is 37.0 Å². The Morgan fingerprint density at radius 1 is 1.13 bits per heavy atom. The van der Waals surface area contributed by atoms with Crippen molar-refractivity contribution in [2.45, 2.75) is 31.7 Å². The van der Waals surface area contributed by atoms with Crippen LogP contribution in [-0.4, -0.2) is 54.0 Å². The van der Waals surface area contributed by atoms with E-state index in [0.717, 1.165) is 18.4 Å². The summed E-state index contributed by atoms with van der Waals surface area (Å²) >= 11 is 5.96. The van der Waals surface area contributed by atoms with Crippen LogP contribution < -0.4 is 5.32 Å². The summed E-state index contributed by atoms with van der Waals surface area (Å²) < 4.78 is 0. The Morgan fingerprint density at radius 3 is 2.48 bits per heavy atom. The first-order valence-corrected chi connectivity index (χ1v) is 8.57. The van der Waals surface area contributed by atoms with Crippen molar-refractivity contribution in [1.29, 1.82) is 0 Å². The van der Waals surface area contributed by atoms with Crippen LogP contribution in [0, 0.1) is 0 Å². The molecule has 0 unspecified atom stereocenters.